The number of phenols is 1. The number of para-hydroxylation sites is 1. The first kappa shape index (κ1) is 20.9. The molecule has 0 bridgehead atoms. The smallest absolute Gasteiger partial charge is 0.273 e. The van der Waals surface area contributed by atoms with Crippen molar-refractivity contribution in [1.29, 1.82) is 0 Å². The Morgan fingerprint density at radius 1 is 1.12 bits per heavy atom. The van der Waals surface area contributed by atoms with Gasteiger partial charge in [0.25, 0.3) is 5.91 Å². The number of unbranched alkanes of at least 4 members (excludes halogenated alkanes) is 1. The normalized spacial score (nSPS) is 15.1. The van der Waals surface area contributed by atoms with Gasteiger partial charge in [-0.3, -0.25) is 9.89 Å². The zero-order valence-corrected chi connectivity index (χ0v) is 18.3. The fourth-order valence-electron chi connectivity index (χ4n) is 4.24. The molecule has 2 aromatic carbocycles. The van der Waals surface area contributed by atoms with Crippen LogP contribution >= 0.6 is 0 Å². The van der Waals surface area contributed by atoms with E-state index in [4.69, 9.17) is 9.15 Å². The number of benzene rings is 2. The van der Waals surface area contributed by atoms with E-state index >= 15 is 0 Å². The van der Waals surface area contributed by atoms with Gasteiger partial charge in [0.05, 0.1) is 25.5 Å². The number of carbonyl (C=O) groups is 1. The van der Waals surface area contributed by atoms with Gasteiger partial charge in [-0.2, -0.15) is 5.10 Å². The highest BCUT2D eigenvalue weighted by molar-refractivity contribution is 6.00. The van der Waals surface area contributed by atoms with E-state index in [9.17, 15) is 9.90 Å². The van der Waals surface area contributed by atoms with E-state index in [1.54, 1.807) is 29.4 Å². The lowest BCUT2D eigenvalue weighted by atomic mass is 9.95. The van der Waals surface area contributed by atoms with Crippen molar-refractivity contribution in [2.45, 2.75) is 32.4 Å². The standard InChI is InChI=1S/C26H25N3O4/c1-2-3-14-32-18-12-10-17(11-13-18)25-22-23(20-8-4-5-9-21(20)30)27-28-24(22)26(31)29(25)16-19-7-6-15-33-19/h4-13,15,25,30H,2-3,14,16H2,1H3,(H,27,28)/t25-/m0/s1. The number of amides is 1. The quantitative estimate of drug-likeness (QED) is 0.361. The number of aromatic amines is 1. The average Bonchev–Trinajstić information content (AvgIpc) is 3.55. The number of H-pyrrole nitrogens is 1. The van der Waals surface area contributed by atoms with Crippen LogP contribution in [-0.2, 0) is 6.54 Å². The predicted octanol–water partition coefficient (Wildman–Crippen LogP) is 5.30. The summed E-state index contributed by atoms with van der Waals surface area (Å²) in [6, 6.07) is 18.1. The van der Waals surface area contributed by atoms with Crippen molar-refractivity contribution >= 4 is 5.91 Å². The molecule has 1 aliphatic rings. The molecule has 5 rings (SSSR count). The van der Waals surface area contributed by atoms with Gasteiger partial charge in [-0.1, -0.05) is 37.6 Å². The largest absolute Gasteiger partial charge is 0.507 e. The lowest BCUT2D eigenvalue weighted by Crippen LogP contribution is -2.28. The molecule has 33 heavy (non-hydrogen) atoms. The van der Waals surface area contributed by atoms with Gasteiger partial charge in [-0.25, -0.2) is 0 Å². The number of hydrogen-bond donors (Lipinski definition) is 2. The Balaban J connectivity index is 1.56. The van der Waals surface area contributed by atoms with E-state index in [0.717, 1.165) is 29.7 Å². The van der Waals surface area contributed by atoms with Crippen LogP contribution in [-0.4, -0.2) is 32.7 Å². The minimum absolute atomic E-state index is 0.113. The van der Waals surface area contributed by atoms with Gasteiger partial charge < -0.3 is 19.2 Å². The molecule has 2 N–H and O–H groups in total. The first-order valence-electron chi connectivity index (χ1n) is 11.1. The molecule has 0 unspecified atom stereocenters. The van der Waals surface area contributed by atoms with E-state index in [2.05, 4.69) is 17.1 Å². The fourth-order valence-corrected chi connectivity index (χ4v) is 4.24. The summed E-state index contributed by atoms with van der Waals surface area (Å²) in [6.45, 7) is 3.11. The number of carbonyl (C=O) groups excluding carboxylic acids is 1. The molecule has 1 aliphatic heterocycles. The van der Waals surface area contributed by atoms with Crippen LogP contribution in [0.3, 0.4) is 0 Å². The van der Waals surface area contributed by atoms with Crippen molar-refractivity contribution in [2.24, 2.45) is 0 Å². The van der Waals surface area contributed by atoms with Crippen LogP contribution in [0.4, 0.5) is 0 Å². The second kappa shape index (κ2) is 8.86. The zero-order valence-electron chi connectivity index (χ0n) is 18.3. The highest BCUT2D eigenvalue weighted by atomic mass is 16.5. The molecule has 168 valence electrons. The van der Waals surface area contributed by atoms with Crippen LogP contribution in [0.15, 0.2) is 71.3 Å². The van der Waals surface area contributed by atoms with Gasteiger partial charge in [0.2, 0.25) is 0 Å². The second-order valence-corrected chi connectivity index (χ2v) is 8.06. The Bertz CT molecular complexity index is 1250. The molecule has 0 radical (unpaired) electrons. The van der Waals surface area contributed by atoms with Gasteiger partial charge in [-0.05, 0) is 48.4 Å². The number of ether oxygens (including phenoxy) is 1. The molecule has 1 atom stereocenters. The monoisotopic (exact) mass is 443 g/mol. The molecular weight excluding hydrogens is 418 g/mol. The van der Waals surface area contributed by atoms with E-state index in [1.165, 1.54) is 0 Å². The maximum atomic E-state index is 13.4. The topological polar surface area (TPSA) is 91.6 Å². The number of rotatable bonds is 8. The molecule has 0 saturated heterocycles. The maximum Gasteiger partial charge on any atom is 0.273 e. The second-order valence-electron chi connectivity index (χ2n) is 8.06. The molecule has 7 heteroatoms. The summed E-state index contributed by atoms with van der Waals surface area (Å²) < 4.78 is 11.3. The molecule has 0 aliphatic carbocycles. The first-order chi connectivity index (χ1) is 16.2. The number of hydrogen-bond acceptors (Lipinski definition) is 5. The van der Waals surface area contributed by atoms with E-state index in [1.807, 2.05) is 42.5 Å². The van der Waals surface area contributed by atoms with Crippen molar-refractivity contribution in [3.8, 4) is 22.8 Å². The van der Waals surface area contributed by atoms with Gasteiger partial charge in [-0.15, -0.1) is 0 Å². The van der Waals surface area contributed by atoms with E-state index < -0.39 is 6.04 Å². The lowest BCUT2D eigenvalue weighted by molar-refractivity contribution is 0.0717. The third-order valence-electron chi connectivity index (χ3n) is 5.89. The van der Waals surface area contributed by atoms with E-state index in [-0.39, 0.29) is 11.7 Å². The molecule has 2 aromatic heterocycles. The summed E-state index contributed by atoms with van der Waals surface area (Å²) in [4.78, 5) is 15.2. The summed E-state index contributed by atoms with van der Waals surface area (Å²) in [5, 5.41) is 17.8. The SMILES string of the molecule is CCCCOc1ccc([C@H]2c3c(-c4ccccc4O)n[nH]c3C(=O)N2Cc2ccco2)cc1. The lowest BCUT2D eigenvalue weighted by Gasteiger charge is -2.25. The Morgan fingerprint density at radius 3 is 2.67 bits per heavy atom. The van der Waals surface area contributed by atoms with Crippen LogP contribution in [0.5, 0.6) is 11.5 Å². The van der Waals surface area contributed by atoms with Gasteiger partial charge in [0.1, 0.15) is 28.6 Å². The molecular formula is C26H25N3O4. The van der Waals surface area contributed by atoms with Crippen LogP contribution < -0.4 is 4.74 Å². The summed E-state index contributed by atoms with van der Waals surface area (Å²) in [6.07, 6.45) is 3.67. The molecule has 3 heterocycles. The van der Waals surface area contributed by atoms with Crippen molar-refractivity contribution in [1.82, 2.24) is 15.1 Å². The number of nitrogens with one attached hydrogen (secondary N) is 1. The number of phenolic OH excluding ortho intramolecular Hbond substituents is 1. The molecule has 0 saturated carbocycles. The van der Waals surface area contributed by atoms with Crippen molar-refractivity contribution in [3.05, 3.63) is 89.5 Å². The average molecular weight is 444 g/mol. The number of aromatic hydroxyl groups is 1. The Hall–Kier alpha value is -4.00. The third kappa shape index (κ3) is 3.86. The molecule has 0 fully saturated rings. The minimum Gasteiger partial charge on any atom is -0.507 e. The molecule has 7 nitrogen and oxygen atoms in total. The number of nitrogens with zero attached hydrogens (tertiary/aromatic N) is 2. The maximum absolute atomic E-state index is 13.4. The van der Waals surface area contributed by atoms with Crippen LogP contribution in [0.2, 0.25) is 0 Å². The number of furan rings is 1. The minimum atomic E-state index is -0.393. The van der Waals surface area contributed by atoms with Crippen molar-refractivity contribution in [3.63, 3.8) is 0 Å². The summed E-state index contributed by atoms with van der Waals surface area (Å²) >= 11 is 0. The van der Waals surface area contributed by atoms with Crippen molar-refractivity contribution in [2.75, 3.05) is 6.61 Å². The predicted molar refractivity (Wildman–Crippen MR) is 123 cm³/mol. The first-order valence-corrected chi connectivity index (χ1v) is 11.1. The highest BCUT2D eigenvalue weighted by Crippen LogP contribution is 2.45. The highest BCUT2D eigenvalue weighted by Gasteiger charge is 2.42. The number of aromatic nitrogens is 2. The summed E-state index contributed by atoms with van der Waals surface area (Å²) in [5.74, 6) is 1.43. The summed E-state index contributed by atoms with van der Waals surface area (Å²) in [7, 11) is 0. The Kier molecular flexibility index (Phi) is 5.60. The Morgan fingerprint density at radius 2 is 1.94 bits per heavy atom. The molecule has 0 spiro atoms. The van der Waals surface area contributed by atoms with Gasteiger partial charge in [0, 0.05) is 11.1 Å². The van der Waals surface area contributed by atoms with Crippen LogP contribution in [0.25, 0.3) is 11.3 Å². The number of fused-ring (bicyclic) bond motifs is 1. The zero-order chi connectivity index (χ0) is 22.8. The Labute approximate surface area is 191 Å². The summed E-state index contributed by atoms with van der Waals surface area (Å²) in [5.41, 5.74) is 3.23. The van der Waals surface area contributed by atoms with Crippen molar-refractivity contribution < 1.29 is 19.1 Å². The van der Waals surface area contributed by atoms with Gasteiger partial charge >= 0.3 is 0 Å². The van der Waals surface area contributed by atoms with E-state index in [0.29, 0.717) is 35.9 Å². The van der Waals surface area contributed by atoms with Crippen LogP contribution in [0.1, 0.15) is 53.2 Å². The molecule has 4 aromatic rings. The van der Waals surface area contributed by atoms with Crippen LogP contribution in [0, 0.1) is 0 Å². The third-order valence-corrected chi connectivity index (χ3v) is 5.89. The molecule has 1 amide bonds. The van der Waals surface area contributed by atoms with Gasteiger partial charge in [0.15, 0.2) is 0 Å². The fraction of sp³-hybridized carbons (Fsp3) is 0.231.